The molecule has 1 aliphatic heterocycles. The molecular weight excluding hydrogens is 230 g/mol. The first-order valence-electron chi connectivity index (χ1n) is 6.17. The Bertz CT molecular complexity index is 390. The van der Waals surface area contributed by atoms with Crippen LogP contribution < -0.4 is 20.1 Å². The summed E-state index contributed by atoms with van der Waals surface area (Å²) in [4.78, 5) is 4.32. The quantitative estimate of drug-likeness (QED) is 0.765. The molecule has 5 nitrogen and oxygen atoms in total. The molecule has 1 aromatic rings. The molecule has 0 fully saturated rings. The van der Waals surface area contributed by atoms with Gasteiger partial charge in [-0.3, -0.25) is 4.99 Å². The molecule has 1 heterocycles. The van der Waals surface area contributed by atoms with Crippen LogP contribution in [-0.4, -0.2) is 39.3 Å². The molecule has 5 heteroatoms. The molecule has 2 rings (SSSR count). The number of benzene rings is 1. The number of nitrogens with one attached hydrogen (secondary N) is 2. The molecule has 0 radical (unpaired) electrons. The molecule has 0 bridgehead atoms. The van der Waals surface area contributed by atoms with E-state index in [1.54, 1.807) is 7.11 Å². The summed E-state index contributed by atoms with van der Waals surface area (Å²) in [6.07, 6.45) is 1.10. The van der Waals surface area contributed by atoms with E-state index in [9.17, 15) is 0 Å². The Morgan fingerprint density at radius 3 is 2.72 bits per heavy atom. The number of aliphatic imine (C=N–C) groups is 1. The molecule has 2 N–H and O–H groups in total. The van der Waals surface area contributed by atoms with Gasteiger partial charge >= 0.3 is 0 Å². The maximum absolute atomic E-state index is 5.60. The van der Waals surface area contributed by atoms with Gasteiger partial charge in [-0.05, 0) is 30.7 Å². The first-order valence-corrected chi connectivity index (χ1v) is 6.17. The van der Waals surface area contributed by atoms with Crippen molar-refractivity contribution in [2.24, 2.45) is 4.99 Å². The van der Waals surface area contributed by atoms with Gasteiger partial charge in [0.1, 0.15) is 18.1 Å². The lowest BCUT2D eigenvalue weighted by molar-refractivity contribution is 0.321. The van der Waals surface area contributed by atoms with Gasteiger partial charge in [-0.15, -0.1) is 0 Å². The zero-order chi connectivity index (χ0) is 12.6. The van der Waals surface area contributed by atoms with Gasteiger partial charge in [0.2, 0.25) is 0 Å². The fraction of sp³-hybridized carbons (Fsp3) is 0.462. The Labute approximate surface area is 107 Å². The average molecular weight is 249 g/mol. The first-order chi connectivity index (χ1) is 8.88. The van der Waals surface area contributed by atoms with E-state index in [4.69, 9.17) is 9.47 Å². The first kappa shape index (κ1) is 12.5. The fourth-order valence-corrected chi connectivity index (χ4v) is 1.66. The number of ether oxygens (including phenoxy) is 2. The van der Waals surface area contributed by atoms with Crippen LogP contribution >= 0.6 is 0 Å². The van der Waals surface area contributed by atoms with Gasteiger partial charge in [0.05, 0.1) is 13.7 Å². The predicted octanol–water partition coefficient (Wildman–Crippen LogP) is 1.01. The average Bonchev–Trinajstić information content (AvgIpc) is 2.45. The molecule has 0 aromatic heterocycles. The summed E-state index contributed by atoms with van der Waals surface area (Å²) in [6, 6.07) is 7.56. The number of rotatable bonds is 5. The second-order valence-corrected chi connectivity index (χ2v) is 3.96. The third-order valence-corrected chi connectivity index (χ3v) is 2.62. The van der Waals surface area contributed by atoms with Crippen molar-refractivity contribution in [2.75, 3.05) is 33.4 Å². The Kier molecular flexibility index (Phi) is 4.69. The van der Waals surface area contributed by atoms with Crippen LogP contribution in [0.3, 0.4) is 0 Å². The Balaban J connectivity index is 1.66. The summed E-state index contributed by atoms with van der Waals surface area (Å²) in [5.41, 5.74) is 0. The normalized spacial score (nSPS) is 14.4. The monoisotopic (exact) mass is 249 g/mol. The topological polar surface area (TPSA) is 54.9 Å². The van der Waals surface area contributed by atoms with Crippen LogP contribution in [0, 0.1) is 0 Å². The molecule has 18 heavy (non-hydrogen) atoms. The minimum absolute atomic E-state index is 0.604. The minimum Gasteiger partial charge on any atom is -0.497 e. The van der Waals surface area contributed by atoms with Crippen molar-refractivity contribution < 1.29 is 9.47 Å². The molecule has 0 spiro atoms. The van der Waals surface area contributed by atoms with Crippen LogP contribution in [-0.2, 0) is 0 Å². The van der Waals surface area contributed by atoms with Gasteiger partial charge in [0.15, 0.2) is 5.96 Å². The number of methoxy groups -OCH3 is 1. The summed E-state index contributed by atoms with van der Waals surface area (Å²) in [5.74, 6) is 2.55. The summed E-state index contributed by atoms with van der Waals surface area (Å²) >= 11 is 0. The van der Waals surface area contributed by atoms with Crippen molar-refractivity contribution in [1.82, 2.24) is 10.6 Å². The molecule has 1 aromatic carbocycles. The number of hydrogen-bond acceptors (Lipinski definition) is 5. The lowest BCUT2D eigenvalue weighted by atomic mass is 10.3. The van der Waals surface area contributed by atoms with Gasteiger partial charge in [-0.25, -0.2) is 0 Å². The molecule has 0 atom stereocenters. The van der Waals surface area contributed by atoms with Gasteiger partial charge in [0, 0.05) is 13.1 Å². The van der Waals surface area contributed by atoms with Gasteiger partial charge in [-0.2, -0.15) is 0 Å². The van der Waals surface area contributed by atoms with Crippen molar-refractivity contribution in [2.45, 2.75) is 6.42 Å². The van der Waals surface area contributed by atoms with E-state index in [0.29, 0.717) is 6.61 Å². The smallest absolute Gasteiger partial charge is 0.191 e. The highest BCUT2D eigenvalue weighted by molar-refractivity contribution is 5.80. The van der Waals surface area contributed by atoms with E-state index in [1.807, 2.05) is 24.3 Å². The second kappa shape index (κ2) is 6.74. The van der Waals surface area contributed by atoms with Gasteiger partial charge in [-0.1, -0.05) is 0 Å². The Morgan fingerprint density at radius 2 is 2.06 bits per heavy atom. The maximum Gasteiger partial charge on any atom is 0.191 e. The third-order valence-electron chi connectivity index (χ3n) is 2.62. The van der Waals surface area contributed by atoms with E-state index in [1.165, 1.54) is 0 Å². The van der Waals surface area contributed by atoms with Crippen molar-refractivity contribution in [3.8, 4) is 11.5 Å². The highest BCUT2D eigenvalue weighted by Crippen LogP contribution is 2.16. The lowest BCUT2D eigenvalue weighted by Gasteiger charge is -2.16. The molecule has 0 unspecified atom stereocenters. The van der Waals surface area contributed by atoms with Gasteiger partial charge in [0.25, 0.3) is 0 Å². The summed E-state index contributed by atoms with van der Waals surface area (Å²) in [6.45, 7) is 3.23. The van der Waals surface area contributed by atoms with Crippen LogP contribution in [0.15, 0.2) is 29.3 Å². The largest absolute Gasteiger partial charge is 0.497 e. The van der Waals surface area contributed by atoms with Crippen molar-refractivity contribution in [3.05, 3.63) is 24.3 Å². The van der Waals surface area contributed by atoms with E-state index in [2.05, 4.69) is 15.6 Å². The number of guanidine groups is 1. The predicted molar refractivity (Wildman–Crippen MR) is 71.4 cm³/mol. The highest BCUT2D eigenvalue weighted by atomic mass is 16.5. The summed E-state index contributed by atoms with van der Waals surface area (Å²) < 4.78 is 10.7. The van der Waals surface area contributed by atoms with Crippen LogP contribution in [0.2, 0.25) is 0 Å². The third kappa shape index (κ3) is 3.84. The van der Waals surface area contributed by atoms with Crippen molar-refractivity contribution >= 4 is 5.96 Å². The zero-order valence-corrected chi connectivity index (χ0v) is 10.6. The summed E-state index contributed by atoms with van der Waals surface area (Å²) in [5, 5.41) is 6.40. The molecule has 98 valence electrons. The number of hydrogen-bond donors (Lipinski definition) is 2. The van der Waals surface area contributed by atoms with Crippen LogP contribution in [0.5, 0.6) is 11.5 Å². The molecule has 0 amide bonds. The fourth-order valence-electron chi connectivity index (χ4n) is 1.66. The van der Waals surface area contributed by atoms with E-state index in [-0.39, 0.29) is 0 Å². The van der Waals surface area contributed by atoms with Crippen LogP contribution in [0.4, 0.5) is 0 Å². The molecule has 0 saturated carbocycles. The molecule has 0 aliphatic carbocycles. The zero-order valence-electron chi connectivity index (χ0n) is 10.6. The number of nitrogens with zero attached hydrogens (tertiary/aromatic N) is 1. The molecule has 0 saturated heterocycles. The van der Waals surface area contributed by atoms with E-state index < -0.39 is 0 Å². The Hall–Kier alpha value is -1.91. The standard InChI is InChI=1S/C13H19N3O2/c1-17-11-3-5-12(6-4-11)18-10-9-16-13-14-7-2-8-15-13/h3-6H,2,7-10H2,1H3,(H2,14,15,16). The second-order valence-electron chi connectivity index (χ2n) is 3.96. The highest BCUT2D eigenvalue weighted by Gasteiger charge is 2.02. The van der Waals surface area contributed by atoms with Crippen LogP contribution in [0.1, 0.15) is 6.42 Å². The Morgan fingerprint density at radius 1 is 1.28 bits per heavy atom. The van der Waals surface area contributed by atoms with Crippen LogP contribution in [0.25, 0.3) is 0 Å². The van der Waals surface area contributed by atoms with Gasteiger partial charge < -0.3 is 20.1 Å². The SMILES string of the molecule is COc1ccc(OCCNC2=NCCCN2)cc1. The van der Waals surface area contributed by atoms with E-state index in [0.717, 1.165) is 43.5 Å². The van der Waals surface area contributed by atoms with E-state index >= 15 is 0 Å². The summed E-state index contributed by atoms with van der Waals surface area (Å²) in [7, 11) is 1.65. The lowest BCUT2D eigenvalue weighted by Crippen LogP contribution is -2.42. The minimum atomic E-state index is 0.604. The maximum atomic E-state index is 5.60. The molecule has 1 aliphatic rings. The van der Waals surface area contributed by atoms with Crippen molar-refractivity contribution in [3.63, 3.8) is 0 Å². The van der Waals surface area contributed by atoms with Crippen molar-refractivity contribution in [1.29, 1.82) is 0 Å². The molecular formula is C13H19N3O2.